The molecule has 2 heteroatoms. The van der Waals surface area contributed by atoms with E-state index >= 15 is 0 Å². The van der Waals surface area contributed by atoms with Crippen LogP contribution in [0.4, 0.5) is 0 Å². The van der Waals surface area contributed by atoms with Crippen molar-refractivity contribution in [3.8, 4) is 0 Å². The van der Waals surface area contributed by atoms with Crippen molar-refractivity contribution in [2.24, 2.45) is 0 Å². The van der Waals surface area contributed by atoms with Crippen LogP contribution < -0.4 is 10.6 Å². The summed E-state index contributed by atoms with van der Waals surface area (Å²) >= 11 is 0. The van der Waals surface area contributed by atoms with E-state index in [9.17, 15) is 4.57 Å². The molecule has 0 amide bonds. The third-order valence-electron chi connectivity index (χ3n) is 4.09. The first kappa shape index (κ1) is 16.2. The average Bonchev–Trinajstić information content (AvgIpc) is 2.68. The second kappa shape index (κ2) is 6.86. The average molecular weight is 330 g/mol. The summed E-state index contributed by atoms with van der Waals surface area (Å²) in [6.07, 6.45) is 0. The molecule has 3 aromatic carbocycles. The van der Waals surface area contributed by atoms with Gasteiger partial charge in [0.15, 0.2) is 7.14 Å². The monoisotopic (exact) mass is 330 g/mol. The van der Waals surface area contributed by atoms with Crippen molar-refractivity contribution >= 4 is 23.3 Å². The fraction of sp³-hybridized carbons (Fsp3) is 0. The summed E-state index contributed by atoms with van der Waals surface area (Å²) in [5.74, 6) is 0. The van der Waals surface area contributed by atoms with Crippen LogP contribution in [0.15, 0.2) is 109 Å². The Kier molecular flexibility index (Phi) is 4.64. The van der Waals surface area contributed by atoms with Crippen LogP contribution in [0.1, 0.15) is 5.56 Å². The number of rotatable bonds is 5. The lowest BCUT2D eigenvalue weighted by Gasteiger charge is -2.23. The lowest BCUT2D eigenvalue weighted by molar-refractivity contribution is 0.591. The Bertz CT molecular complexity index is 853. The van der Waals surface area contributed by atoms with Crippen LogP contribution in [-0.2, 0) is 4.57 Å². The second-order valence-electron chi connectivity index (χ2n) is 5.57. The van der Waals surface area contributed by atoms with E-state index in [1.807, 2.05) is 91.0 Å². The van der Waals surface area contributed by atoms with Crippen LogP contribution in [0, 0.1) is 0 Å². The molecule has 0 spiro atoms. The molecular formula is C22H19OP. The molecule has 0 fully saturated rings. The van der Waals surface area contributed by atoms with Crippen LogP contribution in [0.3, 0.4) is 0 Å². The molecular weight excluding hydrogens is 311 g/mol. The molecule has 0 saturated heterocycles. The quantitative estimate of drug-likeness (QED) is 0.462. The van der Waals surface area contributed by atoms with Gasteiger partial charge in [0.25, 0.3) is 0 Å². The SMILES string of the molecule is C=C(C(=C)P(=O)(c1ccccc1)c1ccccc1)c1ccccc1. The van der Waals surface area contributed by atoms with Gasteiger partial charge in [-0.3, -0.25) is 0 Å². The van der Waals surface area contributed by atoms with E-state index < -0.39 is 7.14 Å². The minimum absolute atomic E-state index is 0.575. The third-order valence-corrected chi connectivity index (χ3v) is 7.17. The van der Waals surface area contributed by atoms with Gasteiger partial charge in [-0.1, -0.05) is 104 Å². The van der Waals surface area contributed by atoms with E-state index in [0.717, 1.165) is 16.2 Å². The Morgan fingerprint density at radius 1 is 0.625 bits per heavy atom. The largest absolute Gasteiger partial charge is 0.309 e. The van der Waals surface area contributed by atoms with Crippen LogP contribution in [0.2, 0.25) is 0 Å². The molecule has 1 nitrogen and oxygen atoms in total. The van der Waals surface area contributed by atoms with Crippen molar-refractivity contribution in [3.63, 3.8) is 0 Å². The van der Waals surface area contributed by atoms with Gasteiger partial charge < -0.3 is 4.57 Å². The highest BCUT2D eigenvalue weighted by atomic mass is 31.2. The summed E-state index contributed by atoms with van der Waals surface area (Å²) in [5, 5.41) is 2.13. The Morgan fingerprint density at radius 3 is 1.42 bits per heavy atom. The fourth-order valence-corrected chi connectivity index (χ4v) is 5.35. The maximum atomic E-state index is 14.2. The first-order chi connectivity index (χ1) is 11.6. The van der Waals surface area contributed by atoms with Gasteiger partial charge in [0.2, 0.25) is 0 Å². The molecule has 118 valence electrons. The smallest absolute Gasteiger partial charge is 0.171 e. The highest BCUT2D eigenvalue weighted by Gasteiger charge is 2.32. The molecule has 0 bridgehead atoms. The van der Waals surface area contributed by atoms with Crippen LogP contribution in [-0.4, -0.2) is 0 Å². The molecule has 3 rings (SSSR count). The minimum Gasteiger partial charge on any atom is -0.309 e. The number of hydrogen-bond donors (Lipinski definition) is 0. The summed E-state index contributed by atoms with van der Waals surface area (Å²) in [4.78, 5) is 0. The lowest BCUT2D eigenvalue weighted by atomic mass is 10.1. The normalized spacial score (nSPS) is 11.0. The lowest BCUT2D eigenvalue weighted by Crippen LogP contribution is -2.17. The molecule has 0 atom stereocenters. The van der Waals surface area contributed by atoms with Crippen molar-refractivity contribution in [1.82, 2.24) is 0 Å². The number of allylic oxidation sites excluding steroid dienone is 2. The van der Waals surface area contributed by atoms with E-state index in [1.54, 1.807) is 0 Å². The van der Waals surface area contributed by atoms with Crippen LogP contribution in [0.5, 0.6) is 0 Å². The molecule has 0 unspecified atom stereocenters. The Morgan fingerprint density at radius 2 is 1.00 bits per heavy atom. The van der Waals surface area contributed by atoms with E-state index in [0.29, 0.717) is 10.9 Å². The van der Waals surface area contributed by atoms with E-state index in [-0.39, 0.29) is 0 Å². The first-order valence-corrected chi connectivity index (χ1v) is 9.50. The van der Waals surface area contributed by atoms with E-state index in [4.69, 9.17) is 0 Å². The summed E-state index contributed by atoms with van der Waals surface area (Å²) in [6, 6.07) is 28.9. The summed E-state index contributed by atoms with van der Waals surface area (Å²) in [7, 11) is -3.03. The topological polar surface area (TPSA) is 17.1 Å². The fourth-order valence-electron chi connectivity index (χ4n) is 2.73. The van der Waals surface area contributed by atoms with Crippen molar-refractivity contribution in [2.45, 2.75) is 0 Å². The first-order valence-electron chi connectivity index (χ1n) is 7.79. The number of hydrogen-bond acceptors (Lipinski definition) is 1. The summed E-state index contributed by atoms with van der Waals surface area (Å²) < 4.78 is 14.2. The van der Waals surface area contributed by atoms with Gasteiger partial charge in [0.1, 0.15) is 0 Å². The van der Waals surface area contributed by atoms with Gasteiger partial charge in [0, 0.05) is 15.9 Å². The predicted octanol–water partition coefficient (Wildman–Crippen LogP) is 5.23. The number of benzene rings is 3. The van der Waals surface area contributed by atoms with Crippen LogP contribution in [0.25, 0.3) is 5.57 Å². The van der Waals surface area contributed by atoms with Crippen molar-refractivity contribution < 1.29 is 4.57 Å². The zero-order valence-corrected chi connectivity index (χ0v) is 14.3. The Hall–Kier alpha value is -2.63. The van der Waals surface area contributed by atoms with Crippen molar-refractivity contribution in [3.05, 3.63) is 115 Å². The molecule has 24 heavy (non-hydrogen) atoms. The van der Waals surface area contributed by atoms with E-state index in [2.05, 4.69) is 13.2 Å². The standard InChI is InChI=1S/C22H19OP/c1-18(20-12-6-3-7-13-20)19(2)24(23,21-14-8-4-9-15-21)22-16-10-5-11-17-22/h3-17H,1-2H2. The molecule has 0 N–H and O–H groups in total. The Balaban J connectivity index is 2.15. The molecule has 0 aliphatic rings. The van der Waals surface area contributed by atoms with Crippen molar-refractivity contribution in [2.75, 3.05) is 0 Å². The maximum Gasteiger partial charge on any atom is 0.171 e. The summed E-state index contributed by atoms with van der Waals surface area (Å²) in [5.41, 5.74) is 1.65. The van der Waals surface area contributed by atoms with Crippen LogP contribution >= 0.6 is 7.14 Å². The van der Waals surface area contributed by atoms with E-state index in [1.165, 1.54) is 0 Å². The van der Waals surface area contributed by atoms with Gasteiger partial charge in [-0.25, -0.2) is 0 Å². The highest BCUT2D eigenvalue weighted by molar-refractivity contribution is 7.83. The minimum atomic E-state index is -3.03. The van der Waals surface area contributed by atoms with Gasteiger partial charge in [-0.2, -0.15) is 0 Å². The molecule has 3 aromatic rings. The van der Waals surface area contributed by atoms with Gasteiger partial charge in [-0.15, -0.1) is 0 Å². The molecule has 0 radical (unpaired) electrons. The zero-order valence-electron chi connectivity index (χ0n) is 13.4. The van der Waals surface area contributed by atoms with Gasteiger partial charge in [0.05, 0.1) is 0 Å². The molecule has 0 aliphatic heterocycles. The second-order valence-corrected chi connectivity index (χ2v) is 8.36. The third kappa shape index (κ3) is 2.91. The molecule has 0 saturated carbocycles. The molecule has 0 aliphatic carbocycles. The zero-order chi connectivity index (χ0) is 17.0. The highest BCUT2D eigenvalue weighted by Crippen LogP contribution is 2.55. The van der Waals surface area contributed by atoms with Gasteiger partial charge in [-0.05, 0) is 11.1 Å². The Labute approximate surface area is 143 Å². The molecule has 0 aromatic heterocycles. The maximum absolute atomic E-state index is 14.2. The predicted molar refractivity (Wildman–Crippen MR) is 104 cm³/mol. The molecule has 0 heterocycles. The summed E-state index contributed by atoms with van der Waals surface area (Å²) in [6.45, 7) is 8.36. The van der Waals surface area contributed by atoms with Gasteiger partial charge >= 0.3 is 0 Å². The van der Waals surface area contributed by atoms with Crippen molar-refractivity contribution in [1.29, 1.82) is 0 Å².